The lowest BCUT2D eigenvalue weighted by molar-refractivity contribution is 0.0307. The second kappa shape index (κ2) is 4.96. The van der Waals surface area contributed by atoms with Gasteiger partial charge in [0.15, 0.2) is 0 Å². The molecule has 2 atom stereocenters. The largest absolute Gasteiger partial charge is 0.310 e. The van der Waals surface area contributed by atoms with E-state index in [1.807, 2.05) is 0 Å². The normalized spacial score (nSPS) is 28.3. The molecule has 0 radical (unpaired) electrons. The number of nitriles is 1. The third-order valence-electron chi connectivity index (χ3n) is 3.48. The molecule has 1 aliphatic heterocycles. The zero-order chi connectivity index (χ0) is 11.5. The molecule has 15 heavy (non-hydrogen) atoms. The van der Waals surface area contributed by atoms with Gasteiger partial charge in [0.25, 0.3) is 0 Å². The number of piperazine rings is 1. The lowest BCUT2D eigenvalue weighted by Gasteiger charge is -2.48. The van der Waals surface area contributed by atoms with Gasteiger partial charge in [-0.05, 0) is 27.2 Å². The number of nitrogens with zero attached hydrogens (tertiary/aromatic N) is 2. The van der Waals surface area contributed by atoms with Crippen LogP contribution >= 0.6 is 0 Å². The maximum Gasteiger partial charge on any atom is 0.0638 e. The van der Waals surface area contributed by atoms with Crippen LogP contribution in [0.25, 0.3) is 0 Å². The maximum atomic E-state index is 8.72. The van der Waals surface area contributed by atoms with Crippen molar-refractivity contribution in [3.8, 4) is 6.07 Å². The molecule has 3 nitrogen and oxygen atoms in total. The van der Waals surface area contributed by atoms with Crippen molar-refractivity contribution < 1.29 is 0 Å². The van der Waals surface area contributed by atoms with Crippen LogP contribution in [0.15, 0.2) is 0 Å². The fourth-order valence-electron chi connectivity index (χ4n) is 2.29. The van der Waals surface area contributed by atoms with Crippen molar-refractivity contribution in [2.75, 3.05) is 13.1 Å². The molecule has 1 N–H and O–H groups in total. The van der Waals surface area contributed by atoms with Crippen LogP contribution < -0.4 is 5.32 Å². The molecule has 0 aliphatic carbocycles. The third-order valence-corrected chi connectivity index (χ3v) is 3.48. The van der Waals surface area contributed by atoms with Crippen LogP contribution in [0, 0.1) is 11.3 Å². The molecule has 3 heteroatoms. The molecule has 1 rings (SSSR count). The van der Waals surface area contributed by atoms with Crippen LogP contribution in [0.3, 0.4) is 0 Å². The van der Waals surface area contributed by atoms with Crippen molar-refractivity contribution in [3.05, 3.63) is 0 Å². The van der Waals surface area contributed by atoms with Gasteiger partial charge < -0.3 is 5.32 Å². The molecule has 1 fully saturated rings. The summed E-state index contributed by atoms with van der Waals surface area (Å²) >= 11 is 0. The minimum atomic E-state index is 0.210. The van der Waals surface area contributed by atoms with E-state index in [9.17, 15) is 0 Å². The van der Waals surface area contributed by atoms with E-state index in [1.54, 1.807) is 0 Å². The standard InChI is InChI=1S/C12H23N3/c1-5-10(2)15-8-11(6-7-13)14-9-12(15,3)4/h10-11,14H,5-6,8-9H2,1-4H3. The Balaban J connectivity index is 2.66. The van der Waals surface area contributed by atoms with Gasteiger partial charge in [0.05, 0.1) is 12.5 Å². The minimum Gasteiger partial charge on any atom is -0.310 e. The Morgan fingerprint density at radius 3 is 2.80 bits per heavy atom. The van der Waals surface area contributed by atoms with Crippen molar-refractivity contribution in [1.82, 2.24) is 10.2 Å². The molecule has 86 valence electrons. The molecule has 0 bridgehead atoms. The molecule has 0 saturated carbocycles. The van der Waals surface area contributed by atoms with E-state index in [-0.39, 0.29) is 5.54 Å². The van der Waals surface area contributed by atoms with Crippen LogP contribution in [-0.2, 0) is 0 Å². The lowest BCUT2D eigenvalue weighted by Crippen LogP contribution is -2.64. The molecular weight excluding hydrogens is 186 g/mol. The van der Waals surface area contributed by atoms with Crippen LogP contribution in [0.1, 0.15) is 40.5 Å². The monoisotopic (exact) mass is 209 g/mol. The predicted molar refractivity (Wildman–Crippen MR) is 62.6 cm³/mol. The Hall–Kier alpha value is -0.590. The minimum absolute atomic E-state index is 0.210. The van der Waals surface area contributed by atoms with E-state index in [1.165, 1.54) is 6.42 Å². The third kappa shape index (κ3) is 2.93. The molecule has 0 aromatic rings. The van der Waals surface area contributed by atoms with Gasteiger partial charge in [-0.25, -0.2) is 0 Å². The van der Waals surface area contributed by atoms with Gasteiger partial charge in [0, 0.05) is 30.7 Å². The van der Waals surface area contributed by atoms with E-state index in [4.69, 9.17) is 5.26 Å². The molecule has 0 amide bonds. The topological polar surface area (TPSA) is 39.1 Å². The van der Waals surface area contributed by atoms with Gasteiger partial charge in [-0.3, -0.25) is 4.90 Å². The predicted octanol–water partition coefficient (Wildman–Crippen LogP) is 1.75. The maximum absolute atomic E-state index is 8.72. The first-order valence-corrected chi connectivity index (χ1v) is 5.88. The summed E-state index contributed by atoms with van der Waals surface area (Å²) in [4.78, 5) is 2.53. The van der Waals surface area contributed by atoms with Crippen LogP contribution in [0.4, 0.5) is 0 Å². The SMILES string of the molecule is CCC(C)N1CC(CC#N)NCC1(C)C. The van der Waals surface area contributed by atoms with Gasteiger partial charge in [-0.1, -0.05) is 6.92 Å². The lowest BCUT2D eigenvalue weighted by atomic mass is 9.94. The van der Waals surface area contributed by atoms with Crippen molar-refractivity contribution in [3.63, 3.8) is 0 Å². The first-order chi connectivity index (χ1) is 7.01. The van der Waals surface area contributed by atoms with Gasteiger partial charge in [-0.15, -0.1) is 0 Å². The summed E-state index contributed by atoms with van der Waals surface area (Å²) in [6.45, 7) is 11.0. The molecule has 0 aromatic heterocycles. The highest BCUT2D eigenvalue weighted by Gasteiger charge is 2.35. The zero-order valence-corrected chi connectivity index (χ0v) is 10.4. The number of hydrogen-bond acceptors (Lipinski definition) is 3. The molecule has 2 unspecified atom stereocenters. The van der Waals surface area contributed by atoms with E-state index < -0.39 is 0 Å². The molecular formula is C12H23N3. The van der Waals surface area contributed by atoms with E-state index in [0.717, 1.165) is 13.1 Å². The summed E-state index contributed by atoms with van der Waals surface area (Å²) in [6, 6.07) is 3.20. The van der Waals surface area contributed by atoms with Crippen LogP contribution in [0.2, 0.25) is 0 Å². The fourth-order valence-corrected chi connectivity index (χ4v) is 2.29. The zero-order valence-electron chi connectivity index (χ0n) is 10.4. The average Bonchev–Trinajstić information content (AvgIpc) is 2.20. The Labute approximate surface area is 93.5 Å². The molecule has 0 aromatic carbocycles. The molecule has 1 saturated heterocycles. The van der Waals surface area contributed by atoms with Gasteiger partial charge in [0.1, 0.15) is 0 Å². The fraction of sp³-hybridized carbons (Fsp3) is 0.917. The molecule has 1 aliphatic rings. The van der Waals surface area contributed by atoms with Gasteiger partial charge >= 0.3 is 0 Å². The van der Waals surface area contributed by atoms with E-state index in [0.29, 0.717) is 18.5 Å². The summed E-state index contributed by atoms with van der Waals surface area (Å²) < 4.78 is 0. The summed E-state index contributed by atoms with van der Waals surface area (Å²) in [5, 5.41) is 12.2. The number of rotatable bonds is 3. The summed E-state index contributed by atoms with van der Waals surface area (Å²) in [5.41, 5.74) is 0.210. The van der Waals surface area contributed by atoms with Crippen molar-refractivity contribution >= 4 is 0 Å². The van der Waals surface area contributed by atoms with E-state index in [2.05, 4.69) is 44.0 Å². The molecule has 0 spiro atoms. The van der Waals surface area contributed by atoms with Crippen molar-refractivity contribution in [2.45, 2.75) is 58.2 Å². The van der Waals surface area contributed by atoms with Crippen molar-refractivity contribution in [1.29, 1.82) is 5.26 Å². The first kappa shape index (κ1) is 12.5. The van der Waals surface area contributed by atoms with Crippen LogP contribution in [-0.4, -0.2) is 35.6 Å². The van der Waals surface area contributed by atoms with Crippen molar-refractivity contribution in [2.24, 2.45) is 0 Å². The highest BCUT2D eigenvalue weighted by molar-refractivity contribution is 4.97. The smallest absolute Gasteiger partial charge is 0.0638 e. The number of hydrogen-bond donors (Lipinski definition) is 1. The second-order valence-electron chi connectivity index (χ2n) is 5.16. The van der Waals surface area contributed by atoms with Gasteiger partial charge in [0.2, 0.25) is 0 Å². The van der Waals surface area contributed by atoms with Crippen LogP contribution in [0.5, 0.6) is 0 Å². The van der Waals surface area contributed by atoms with E-state index >= 15 is 0 Å². The second-order valence-corrected chi connectivity index (χ2v) is 5.16. The van der Waals surface area contributed by atoms with Gasteiger partial charge in [-0.2, -0.15) is 5.26 Å². The molecule has 1 heterocycles. The first-order valence-electron chi connectivity index (χ1n) is 5.88. The summed E-state index contributed by atoms with van der Waals surface area (Å²) in [5.74, 6) is 0. The Kier molecular flexibility index (Phi) is 4.12. The quantitative estimate of drug-likeness (QED) is 0.769. The Bertz CT molecular complexity index is 242. The summed E-state index contributed by atoms with van der Waals surface area (Å²) in [7, 11) is 0. The Morgan fingerprint density at radius 2 is 2.27 bits per heavy atom. The highest BCUT2D eigenvalue weighted by Crippen LogP contribution is 2.23. The average molecular weight is 209 g/mol. The Morgan fingerprint density at radius 1 is 1.60 bits per heavy atom. The highest BCUT2D eigenvalue weighted by atomic mass is 15.3. The summed E-state index contributed by atoms with van der Waals surface area (Å²) in [6.07, 6.45) is 1.78. The number of nitrogens with one attached hydrogen (secondary N) is 1.